The van der Waals surface area contributed by atoms with Gasteiger partial charge in [-0.15, -0.1) is 0 Å². The Hall–Kier alpha value is -2.25. The first-order valence-electron chi connectivity index (χ1n) is 7.65. The molecule has 130 valence electrons. The largest absolute Gasteiger partial charge is 0.422 e. The maximum Gasteiger partial charge on any atom is 0.343 e. The second-order valence-corrected chi connectivity index (χ2v) is 6.49. The van der Waals surface area contributed by atoms with Crippen molar-refractivity contribution in [2.45, 2.75) is 13.8 Å². The Morgan fingerprint density at radius 2 is 2.00 bits per heavy atom. The van der Waals surface area contributed by atoms with E-state index in [4.69, 9.17) is 17.0 Å². The highest BCUT2D eigenvalue weighted by Gasteiger charge is 2.11. The molecule has 7 heteroatoms. The quantitative estimate of drug-likeness (QED) is 0.253. The van der Waals surface area contributed by atoms with Gasteiger partial charge in [-0.1, -0.05) is 33.6 Å². The van der Waals surface area contributed by atoms with E-state index < -0.39 is 5.97 Å². The van der Waals surface area contributed by atoms with Crippen LogP contribution in [0.25, 0.3) is 0 Å². The molecular weight excluding hydrogens is 402 g/mol. The molecule has 2 aromatic carbocycles. The molecule has 25 heavy (non-hydrogen) atoms. The van der Waals surface area contributed by atoms with Gasteiger partial charge in [-0.2, -0.15) is 5.10 Å². The fourth-order valence-corrected chi connectivity index (χ4v) is 2.50. The summed E-state index contributed by atoms with van der Waals surface area (Å²) >= 11 is 8.44. The Labute approximate surface area is 160 Å². The molecule has 0 aromatic heterocycles. The van der Waals surface area contributed by atoms with Crippen LogP contribution in [0.15, 0.2) is 52.0 Å². The molecule has 2 aromatic rings. The van der Waals surface area contributed by atoms with Crippen molar-refractivity contribution in [3.05, 3.63) is 63.6 Å². The number of aryl methyl sites for hydroxylation is 1. The maximum absolute atomic E-state index is 12.3. The fraction of sp³-hybridized carbons (Fsp3) is 0.167. The van der Waals surface area contributed by atoms with Gasteiger partial charge in [-0.3, -0.25) is 5.43 Å². The molecule has 0 saturated heterocycles. The molecule has 0 aliphatic carbocycles. The van der Waals surface area contributed by atoms with E-state index in [-0.39, 0.29) is 0 Å². The second kappa shape index (κ2) is 9.29. The molecular formula is C18H18BrN3O2S. The van der Waals surface area contributed by atoms with Gasteiger partial charge in [0.05, 0.1) is 11.8 Å². The molecule has 0 radical (unpaired) electrons. The topological polar surface area (TPSA) is 62.7 Å². The van der Waals surface area contributed by atoms with Gasteiger partial charge in [0.2, 0.25) is 0 Å². The van der Waals surface area contributed by atoms with Crippen LogP contribution in [0.5, 0.6) is 5.75 Å². The minimum Gasteiger partial charge on any atom is -0.422 e. The number of carbonyl (C=O) groups excluding carboxylic acids is 1. The molecule has 5 nitrogen and oxygen atoms in total. The van der Waals surface area contributed by atoms with Gasteiger partial charge in [0, 0.05) is 16.6 Å². The Balaban J connectivity index is 2.14. The van der Waals surface area contributed by atoms with Crippen LogP contribution in [0.1, 0.15) is 28.4 Å². The van der Waals surface area contributed by atoms with Gasteiger partial charge in [0.15, 0.2) is 5.11 Å². The summed E-state index contributed by atoms with van der Waals surface area (Å²) in [6.45, 7) is 4.61. The number of halogens is 1. The van der Waals surface area contributed by atoms with Crippen molar-refractivity contribution in [2.24, 2.45) is 5.10 Å². The third kappa shape index (κ3) is 5.95. The fourth-order valence-electron chi connectivity index (χ4n) is 1.92. The molecule has 0 bridgehead atoms. The van der Waals surface area contributed by atoms with Crippen LogP contribution < -0.4 is 15.5 Å². The molecule has 0 aliphatic heterocycles. The number of ether oxygens (including phenoxy) is 1. The van der Waals surface area contributed by atoms with Crippen molar-refractivity contribution < 1.29 is 9.53 Å². The van der Waals surface area contributed by atoms with E-state index in [1.807, 2.05) is 26.0 Å². The summed E-state index contributed by atoms with van der Waals surface area (Å²) in [7, 11) is 0. The smallest absolute Gasteiger partial charge is 0.343 e. The van der Waals surface area contributed by atoms with Gasteiger partial charge in [0.1, 0.15) is 5.75 Å². The predicted molar refractivity (Wildman–Crippen MR) is 107 cm³/mol. The van der Waals surface area contributed by atoms with E-state index >= 15 is 0 Å². The second-order valence-electron chi connectivity index (χ2n) is 5.17. The van der Waals surface area contributed by atoms with Crippen LogP contribution in [0.3, 0.4) is 0 Å². The van der Waals surface area contributed by atoms with Crippen molar-refractivity contribution >= 4 is 45.4 Å². The first-order valence-corrected chi connectivity index (χ1v) is 8.85. The van der Waals surface area contributed by atoms with Crippen molar-refractivity contribution in [2.75, 3.05) is 6.54 Å². The van der Waals surface area contributed by atoms with Crippen LogP contribution in [0.4, 0.5) is 0 Å². The lowest BCUT2D eigenvalue weighted by Crippen LogP contribution is -2.31. The van der Waals surface area contributed by atoms with Crippen LogP contribution >= 0.6 is 28.1 Å². The summed E-state index contributed by atoms with van der Waals surface area (Å²) in [5.74, 6) is -0.0122. The van der Waals surface area contributed by atoms with Crippen LogP contribution in [0, 0.1) is 6.92 Å². The molecule has 0 atom stereocenters. The standard InChI is InChI=1S/C18H18BrN3O2S/c1-3-20-18(25)22-21-11-14-10-15(19)8-9-16(14)24-17(23)13-6-4-12(2)5-7-13/h4-11H,3H2,1-2H3,(H2,20,22,25)/b21-11-. The molecule has 2 N–H and O–H groups in total. The van der Waals surface area contributed by atoms with E-state index in [1.165, 1.54) is 0 Å². The van der Waals surface area contributed by atoms with E-state index in [0.29, 0.717) is 28.5 Å². The molecule has 0 fully saturated rings. The number of esters is 1. The van der Waals surface area contributed by atoms with Gasteiger partial charge in [-0.25, -0.2) is 4.79 Å². The highest BCUT2D eigenvalue weighted by atomic mass is 79.9. The zero-order valence-electron chi connectivity index (χ0n) is 13.9. The molecule has 0 amide bonds. The Kier molecular flexibility index (Phi) is 7.09. The number of nitrogens with one attached hydrogen (secondary N) is 2. The third-order valence-electron chi connectivity index (χ3n) is 3.17. The zero-order valence-corrected chi connectivity index (χ0v) is 16.3. The lowest BCUT2D eigenvalue weighted by Gasteiger charge is -2.08. The van der Waals surface area contributed by atoms with Crippen LogP contribution in [-0.2, 0) is 0 Å². The van der Waals surface area contributed by atoms with Gasteiger partial charge in [0.25, 0.3) is 0 Å². The van der Waals surface area contributed by atoms with Gasteiger partial charge < -0.3 is 10.1 Å². The molecule has 0 unspecified atom stereocenters. The highest BCUT2D eigenvalue weighted by Crippen LogP contribution is 2.23. The number of hydrazone groups is 1. The van der Waals surface area contributed by atoms with Crippen molar-refractivity contribution in [1.29, 1.82) is 0 Å². The molecule has 0 saturated carbocycles. The Bertz CT molecular complexity index is 791. The number of rotatable bonds is 5. The lowest BCUT2D eigenvalue weighted by atomic mass is 10.1. The first-order chi connectivity index (χ1) is 12.0. The maximum atomic E-state index is 12.3. The Morgan fingerprint density at radius 1 is 1.28 bits per heavy atom. The first kappa shape index (κ1) is 19.1. The molecule has 0 aliphatic rings. The van der Waals surface area contributed by atoms with Crippen molar-refractivity contribution in [3.63, 3.8) is 0 Å². The van der Waals surface area contributed by atoms with Crippen LogP contribution in [-0.4, -0.2) is 23.8 Å². The SMILES string of the molecule is CCNC(=S)N/N=C\c1cc(Br)ccc1OC(=O)c1ccc(C)cc1. The summed E-state index contributed by atoms with van der Waals surface area (Å²) in [6.07, 6.45) is 1.55. The summed E-state index contributed by atoms with van der Waals surface area (Å²) < 4.78 is 6.35. The number of nitrogens with zero attached hydrogens (tertiary/aromatic N) is 1. The summed E-state index contributed by atoms with van der Waals surface area (Å²) in [5, 5.41) is 7.41. The van der Waals surface area contributed by atoms with E-state index in [0.717, 1.165) is 10.0 Å². The zero-order chi connectivity index (χ0) is 18.2. The van der Waals surface area contributed by atoms with Crippen molar-refractivity contribution in [1.82, 2.24) is 10.7 Å². The molecule has 0 heterocycles. The van der Waals surface area contributed by atoms with E-state index in [9.17, 15) is 4.79 Å². The number of hydrogen-bond acceptors (Lipinski definition) is 4. The predicted octanol–water partition coefficient (Wildman–Crippen LogP) is 3.79. The third-order valence-corrected chi connectivity index (χ3v) is 3.90. The summed E-state index contributed by atoms with van der Waals surface area (Å²) in [4.78, 5) is 12.3. The van der Waals surface area contributed by atoms with Gasteiger partial charge >= 0.3 is 5.97 Å². The summed E-state index contributed by atoms with van der Waals surface area (Å²) in [6, 6.07) is 12.5. The van der Waals surface area contributed by atoms with Crippen molar-refractivity contribution in [3.8, 4) is 5.75 Å². The minimum absolute atomic E-state index is 0.411. The van der Waals surface area contributed by atoms with Gasteiger partial charge in [-0.05, 0) is 56.4 Å². The normalized spacial score (nSPS) is 10.5. The average molecular weight is 420 g/mol. The van der Waals surface area contributed by atoms with E-state index in [2.05, 4.69) is 31.8 Å². The Morgan fingerprint density at radius 3 is 2.68 bits per heavy atom. The van der Waals surface area contributed by atoms with E-state index in [1.54, 1.807) is 36.5 Å². The number of carbonyl (C=O) groups is 1. The highest BCUT2D eigenvalue weighted by molar-refractivity contribution is 9.10. The summed E-state index contributed by atoms with van der Waals surface area (Å²) in [5.41, 5.74) is 4.91. The average Bonchev–Trinajstić information content (AvgIpc) is 2.58. The monoisotopic (exact) mass is 419 g/mol. The number of thiocarbonyl (C=S) groups is 1. The number of benzene rings is 2. The minimum atomic E-state index is -0.423. The number of hydrogen-bond donors (Lipinski definition) is 2. The molecule has 0 spiro atoms. The molecule has 2 rings (SSSR count). The van der Waals surface area contributed by atoms with Crippen LogP contribution in [0.2, 0.25) is 0 Å². The lowest BCUT2D eigenvalue weighted by molar-refractivity contribution is 0.0734.